The number of hydrogen-bond acceptors (Lipinski definition) is 5. The van der Waals surface area contributed by atoms with Gasteiger partial charge < -0.3 is 10.2 Å². The lowest BCUT2D eigenvalue weighted by Gasteiger charge is -2.20. The van der Waals surface area contributed by atoms with Crippen molar-refractivity contribution < 1.29 is 18.3 Å². The first-order valence-electron chi connectivity index (χ1n) is 8.02. The molecule has 2 unspecified atom stereocenters. The average Bonchev–Trinajstić information content (AvgIpc) is 3.16. The lowest BCUT2D eigenvalue weighted by atomic mass is 10.1. The zero-order valence-electron chi connectivity index (χ0n) is 14.1. The fourth-order valence-electron chi connectivity index (χ4n) is 2.89. The molecule has 1 N–H and O–H groups in total. The van der Waals surface area contributed by atoms with E-state index in [9.17, 15) is 14.0 Å². The molecule has 1 aromatic rings. The summed E-state index contributed by atoms with van der Waals surface area (Å²) in [5.74, 6) is -0.457. The fourth-order valence-corrected chi connectivity index (χ4v) is 3.67. The molecule has 6 nitrogen and oxygen atoms in total. The lowest BCUT2D eigenvalue weighted by Crippen LogP contribution is -2.46. The topological polar surface area (TPSA) is 61.9 Å². The maximum Gasteiger partial charge on any atom is 0.246 e. The molecule has 2 aliphatic rings. The number of nitrogens with one attached hydrogen (secondary N) is 1. The van der Waals surface area contributed by atoms with Crippen molar-refractivity contribution in [2.45, 2.75) is 32.1 Å². The molecular formula is C17H20FN3O3S. The Balaban J connectivity index is 1.61. The third-order valence-electron chi connectivity index (χ3n) is 4.48. The molecule has 134 valence electrons. The Bertz CT molecular complexity index is 695. The van der Waals surface area contributed by atoms with E-state index in [1.165, 1.54) is 16.9 Å². The second-order valence-corrected chi connectivity index (χ2v) is 6.80. The second-order valence-electron chi connectivity index (χ2n) is 6.08. The van der Waals surface area contributed by atoms with E-state index >= 15 is 0 Å². The average molecular weight is 365 g/mol. The maximum atomic E-state index is 13.8. The monoisotopic (exact) mass is 365 g/mol. The van der Waals surface area contributed by atoms with Gasteiger partial charge in [0.25, 0.3) is 0 Å². The van der Waals surface area contributed by atoms with Gasteiger partial charge in [-0.3, -0.25) is 9.59 Å². The molecule has 8 heteroatoms. The summed E-state index contributed by atoms with van der Waals surface area (Å²) in [6.07, 6.45) is -0.569. The molecule has 25 heavy (non-hydrogen) atoms. The van der Waals surface area contributed by atoms with Gasteiger partial charge in [0.05, 0.1) is 22.6 Å². The predicted octanol–water partition coefficient (Wildman–Crippen LogP) is 2.09. The van der Waals surface area contributed by atoms with Crippen LogP contribution in [0, 0.1) is 0 Å². The molecule has 3 rings (SSSR count). The number of hydroxylamine groups is 2. The molecule has 2 amide bonds. The van der Waals surface area contributed by atoms with Gasteiger partial charge in [-0.15, -0.1) is 0 Å². The van der Waals surface area contributed by atoms with Crippen LogP contribution in [0.3, 0.4) is 0 Å². The second kappa shape index (κ2) is 7.45. The first-order valence-corrected chi connectivity index (χ1v) is 8.77. The van der Waals surface area contributed by atoms with Crippen molar-refractivity contribution in [2.24, 2.45) is 0 Å². The number of carbonyl (C=O) groups is 2. The number of benzene rings is 1. The summed E-state index contributed by atoms with van der Waals surface area (Å²) in [4.78, 5) is 25.3. The Morgan fingerprint density at radius 1 is 1.44 bits per heavy atom. The van der Waals surface area contributed by atoms with Crippen LogP contribution in [0.25, 0.3) is 4.91 Å². The Morgan fingerprint density at radius 2 is 2.16 bits per heavy atom. The summed E-state index contributed by atoms with van der Waals surface area (Å²) in [5.41, 5.74) is 2.97. The molecule has 2 aliphatic heterocycles. The normalized spacial score (nSPS) is 23.3. The summed E-state index contributed by atoms with van der Waals surface area (Å²) in [5, 5.41) is 4.42. The molecule has 1 saturated heterocycles. The number of hydrogen-bond donors (Lipinski definition) is 1. The molecule has 1 aromatic carbocycles. The lowest BCUT2D eigenvalue weighted by molar-refractivity contribution is -0.132. The molecule has 0 aliphatic carbocycles. The van der Waals surface area contributed by atoms with Gasteiger partial charge in [0.2, 0.25) is 12.3 Å². The number of carbonyl (C=O) groups excluding carboxylic acids is 2. The molecular weight excluding hydrogens is 345 g/mol. The minimum absolute atomic E-state index is 0.203. The summed E-state index contributed by atoms with van der Waals surface area (Å²) >= 11 is 1.31. The van der Waals surface area contributed by atoms with E-state index in [1.807, 2.05) is 38.2 Å². The van der Waals surface area contributed by atoms with Crippen molar-refractivity contribution in [3.63, 3.8) is 0 Å². The van der Waals surface area contributed by atoms with Crippen LogP contribution in [0.15, 0.2) is 30.0 Å². The van der Waals surface area contributed by atoms with Crippen LogP contribution in [0.5, 0.6) is 0 Å². The maximum absolute atomic E-state index is 13.8. The van der Waals surface area contributed by atoms with Crippen molar-refractivity contribution in [1.29, 1.82) is 0 Å². The summed E-state index contributed by atoms with van der Waals surface area (Å²) in [6, 6.07) is 6.72. The van der Waals surface area contributed by atoms with Gasteiger partial charge in [-0.2, -0.15) is 4.28 Å². The quantitative estimate of drug-likeness (QED) is 0.640. The Kier molecular flexibility index (Phi) is 5.29. The van der Waals surface area contributed by atoms with E-state index in [2.05, 4.69) is 5.32 Å². The van der Waals surface area contributed by atoms with Gasteiger partial charge in [-0.1, -0.05) is 24.3 Å². The number of rotatable bonds is 5. The smallest absolute Gasteiger partial charge is 0.246 e. The van der Waals surface area contributed by atoms with E-state index in [4.69, 9.17) is 4.28 Å². The number of alkyl halides is 1. The van der Waals surface area contributed by atoms with E-state index in [-0.39, 0.29) is 19.5 Å². The number of amides is 2. The van der Waals surface area contributed by atoms with E-state index in [1.54, 1.807) is 5.06 Å². The molecule has 0 radical (unpaired) electrons. The molecule has 2 heterocycles. The van der Waals surface area contributed by atoms with Gasteiger partial charge in [0.1, 0.15) is 12.2 Å². The fraction of sp³-hybridized carbons (Fsp3) is 0.412. The van der Waals surface area contributed by atoms with Crippen molar-refractivity contribution in [2.75, 3.05) is 13.6 Å². The van der Waals surface area contributed by atoms with Gasteiger partial charge in [0, 0.05) is 20.1 Å². The Morgan fingerprint density at radius 3 is 2.76 bits per heavy atom. The van der Waals surface area contributed by atoms with E-state index < -0.39 is 18.1 Å². The van der Waals surface area contributed by atoms with Crippen LogP contribution in [-0.2, 0) is 20.4 Å². The predicted molar refractivity (Wildman–Crippen MR) is 93.4 cm³/mol. The molecule has 2 atom stereocenters. The number of nitrogens with zero attached hydrogens (tertiary/aromatic N) is 2. The van der Waals surface area contributed by atoms with Gasteiger partial charge in [-0.05, 0) is 24.5 Å². The highest BCUT2D eigenvalue weighted by Gasteiger charge is 2.38. The molecule has 0 saturated carbocycles. The van der Waals surface area contributed by atoms with Crippen LogP contribution in [0.2, 0.25) is 0 Å². The molecule has 1 fully saturated rings. The van der Waals surface area contributed by atoms with Crippen LogP contribution < -0.4 is 5.32 Å². The zero-order chi connectivity index (χ0) is 18.0. The van der Waals surface area contributed by atoms with Crippen LogP contribution in [-0.4, -0.2) is 48.1 Å². The van der Waals surface area contributed by atoms with Crippen molar-refractivity contribution in [1.82, 2.24) is 15.3 Å². The Labute approximate surface area is 150 Å². The third kappa shape index (κ3) is 3.64. The summed E-state index contributed by atoms with van der Waals surface area (Å²) in [7, 11) is 1.85. The first kappa shape index (κ1) is 17.8. The summed E-state index contributed by atoms with van der Waals surface area (Å²) < 4.78 is 19.2. The minimum Gasteiger partial charge on any atom is -0.350 e. The van der Waals surface area contributed by atoms with E-state index in [0.717, 1.165) is 21.7 Å². The van der Waals surface area contributed by atoms with Crippen LogP contribution >= 0.6 is 12.0 Å². The number of halogens is 1. The largest absolute Gasteiger partial charge is 0.350 e. The Hall–Kier alpha value is -2.06. The molecule has 0 spiro atoms. The standard InChI is InChI=1S/C17H20FN3O3S/c1-11-16(25-24-20(11)2)13-5-3-12(4-6-13)9-19-17(23)15-14(18)7-8-21(15)10-22/h3-6,10,14-15H,7-9H2,1-2H3,(H,19,23). The highest BCUT2D eigenvalue weighted by Crippen LogP contribution is 2.39. The molecule has 0 aromatic heterocycles. The zero-order valence-corrected chi connectivity index (χ0v) is 14.9. The number of likely N-dealkylation sites (tertiary alicyclic amines) is 1. The van der Waals surface area contributed by atoms with Gasteiger partial charge >= 0.3 is 0 Å². The van der Waals surface area contributed by atoms with Crippen LogP contribution in [0.1, 0.15) is 24.5 Å². The third-order valence-corrected chi connectivity index (χ3v) is 5.48. The highest BCUT2D eigenvalue weighted by molar-refractivity contribution is 8.04. The molecule has 0 bridgehead atoms. The summed E-state index contributed by atoms with van der Waals surface area (Å²) in [6.45, 7) is 2.55. The minimum atomic E-state index is -1.31. The van der Waals surface area contributed by atoms with Crippen molar-refractivity contribution in [3.8, 4) is 0 Å². The van der Waals surface area contributed by atoms with Gasteiger partial charge in [-0.25, -0.2) is 9.45 Å². The van der Waals surface area contributed by atoms with Gasteiger partial charge in [0.15, 0.2) is 0 Å². The highest BCUT2D eigenvalue weighted by atomic mass is 32.2. The van der Waals surface area contributed by atoms with E-state index in [0.29, 0.717) is 6.41 Å². The number of allylic oxidation sites excluding steroid dienone is 1. The van der Waals surface area contributed by atoms with Crippen molar-refractivity contribution in [3.05, 3.63) is 41.1 Å². The first-order chi connectivity index (χ1) is 12.0. The SMILES string of the molecule is CC1=C(c2ccc(CNC(=O)C3C(F)CCN3C=O)cc2)SON1C. The van der Waals surface area contributed by atoms with Crippen LogP contribution in [0.4, 0.5) is 4.39 Å². The van der Waals surface area contributed by atoms with Crippen molar-refractivity contribution >= 4 is 29.3 Å².